The van der Waals surface area contributed by atoms with E-state index in [-0.39, 0.29) is 11.5 Å². The molecule has 164 valence electrons. The van der Waals surface area contributed by atoms with Gasteiger partial charge in [-0.05, 0) is 49.4 Å². The van der Waals surface area contributed by atoms with E-state index in [1.54, 1.807) is 17.7 Å². The topological polar surface area (TPSA) is 102 Å². The van der Waals surface area contributed by atoms with E-state index in [9.17, 15) is 21.6 Å². The first-order valence-corrected chi connectivity index (χ1v) is 10.7. The molecule has 2 N–H and O–H groups in total. The van der Waals surface area contributed by atoms with Gasteiger partial charge in [0.25, 0.3) is 0 Å². The van der Waals surface area contributed by atoms with Crippen LogP contribution in [0.5, 0.6) is 0 Å². The molecule has 8 nitrogen and oxygen atoms in total. The van der Waals surface area contributed by atoms with E-state index < -0.39 is 27.8 Å². The molecule has 4 aromatic rings. The molecule has 0 bridgehead atoms. The molecule has 1 atom stereocenters. The molecule has 0 fully saturated rings. The zero-order chi connectivity index (χ0) is 22.6. The first-order valence-electron chi connectivity index (χ1n) is 9.17. The zero-order valence-electron chi connectivity index (χ0n) is 16.4. The van der Waals surface area contributed by atoms with E-state index >= 15 is 0 Å². The van der Waals surface area contributed by atoms with E-state index in [4.69, 9.17) is 5.11 Å². The first-order chi connectivity index (χ1) is 14.5. The highest BCUT2D eigenvalue weighted by atomic mass is 32.2. The number of aryl methyl sites for hydroxylation is 1. The number of fused-ring (bicyclic) bond motifs is 3. The number of aromatic nitrogens is 4. The van der Waals surface area contributed by atoms with Crippen LogP contribution in [0.1, 0.15) is 12.5 Å². The van der Waals surface area contributed by atoms with Gasteiger partial charge in [-0.25, -0.2) is 17.8 Å². The summed E-state index contributed by atoms with van der Waals surface area (Å²) in [5.41, 5.74) is 1.14. The van der Waals surface area contributed by atoms with Crippen LogP contribution in [0, 0.1) is 0 Å². The predicted octanol–water partition coefficient (Wildman–Crippen LogP) is 2.59. The lowest BCUT2D eigenvalue weighted by atomic mass is 10.2. The van der Waals surface area contributed by atoms with E-state index in [1.165, 1.54) is 35.9 Å². The maximum absolute atomic E-state index is 12.9. The Balaban J connectivity index is 1.92. The number of aliphatic hydroxyl groups is 1. The Morgan fingerprint density at radius 1 is 1.16 bits per heavy atom. The molecular formula is C19H18F3N5O3S. The van der Waals surface area contributed by atoms with Gasteiger partial charge in [0.1, 0.15) is 5.52 Å². The van der Waals surface area contributed by atoms with Crippen molar-refractivity contribution in [2.45, 2.75) is 24.0 Å². The summed E-state index contributed by atoms with van der Waals surface area (Å²) in [6, 6.07) is 8.35. The van der Waals surface area contributed by atoms with Gasteiger partial charge in [-0.15, -0.1) is 5.10 Å². The molecule has 0 unspecified atom stereocenters. The highest BCUT2D eigenvalue weighted by Gasteiger charge is 2.30. The van der Waals surface area contributed by atoms with Crippen LogP contribution < -0.4 is 4.72 Å². The molecule has 0 aliphatic carbocycles. The van der Waals surface area contributed by atoms with Crippen LogP contribution in [0.15, 0.2) is 47.4 Å². The monoisotopic (exact) mass is 453 g/mol. The number of aliphatic hydroxyl groups excluding tert-OH is 1. The van der Waals surface area contributed by atoms with Crippen molar-refractivity contribution in [2.75, 3.05) is 6.61 Å². The second kappa shape index (κ2) is 7.32. The molecule has 2 aromatic carbocycles. The van der Waals surface area contributed by atoms with Crippen molar-refractivity contribution in [3.8, 4) is 5.69 Å². The lowest BCUT2D eigenvalue weighted by Gasteiger charge is -2.12. The summed E-state index contributed by atoms with van der Waals surface area (Å²) in [6.45, 7) is 1.16. The van der Waals surface area contributed by atoms with Gasteiger partial charge < -0.3 is 5.11 Å². The average Bonchev–Trinajstić information content (AvgIpc) is 3.24. The van der Waals surface area contributed by atoms with E-state index in [1.807, 2.05) is 0 Å². The van der Waals surface area contributed by atoms with Gasteiger partial charge in [-0.3, -0.25) is 4.57 Å². The van der Waals surface area contributed by atoms with Crippen molar-refractivity contribution < 1.29 is 26.7 Å². The fourth-order valence-electron chi connectivity index (χ4n) is 3.39. The molecule has 12 heteroatoms. The average molecular weight is 453 g/mol. The quantitative estimate of drug-likeness (QED) is 0.484. The van der Waals surface area contributed by atoms with Crippen molar-refractivity contribution in [1.29, 1.82) is 0 Å². The van der Waals surface area contributed by atoms with Gasteiger partial charge in [0, 0.05) is 24.2 Å². The number of sulfonamides is 1. The van der Waals surface area contributed by atoms with Crippen LogP contribution in [0.3, 0.4) is 0 Å². The third kappa shape index (κ3) is 3.66. The highest BCUT2D eigenvalue weighted by molar-refractivity contribution is 7.89. The van der Waals surface area contributed by atoms with Crippen LogP contribution in [0.2, 0.25) is 0 Å². The maximum Gasteiger partial charge on any atom is 0.416 e. The number of alkyl halides is 3. The smallest absolute Gasteiger partial charge is 0.395 e. The Kier molecular flexibility index (Phi) is 5.03. The summed E-state index contributed by atoms with van der Waals surface area (Å²) in [5.74, 6) is 0. The minimum atomic E-state index is -4.46. The number of hydrogen-bond donors (Lipinski definition) is 2. The Morgan fingerprint density at radius 3 is 2.45 bits per heavy atom. The summed E-state index contributed by atoms with van der Waals surface area (Å²) < 4.78 is 69.6. The third-order valence-electron chi connectivity index (χ3n) is 4.87. The van der Waals surface area contributed by atoms with Crippen LogP contribution in [-0.2, 0) is 23.2 Å². The van der Waals surface area contributed by atoms with Crippen molar-refractivity contribution in [3.63, 3.8) is 0 Å². The summed E-state index contributed by atoms with van der Waals surface area (Å²) in [6.07, 6.45) is -4.46. The number of hydrogen-bond acceptors (Lipinski definition) is 5. The normalized spacial score (nSPS) is 13.9. The Bertz CT molecular complexity index is 1380. The second-order valence-corrected chi connectivity index (χ2v) is 8.86. The van der Waals surface area contributed by atoms with Gasteiger partial charge in [-0.2, -0.15) is 13.2 Å². The zero-order valence-corrected chi connectivity index (χ0v) is 17.2. The molecule has 4 rings (SSSR count). The van der Waals surface area contributed by atoms with Crippen molar-refractivity contribution in [1.82, 2.24) is 24.3 Å². The molecule has 0 aliphatic rings. The first kappa shape index (κ1) is 21.3. The van der Waals surface area contributed by atoms with Crippen LogP contribution in [-0.4, -0.2) is 45.7 Å². The molecule has 2 aromatic heterocycles. The second-order valence-electron chi connectivity index (χ2n) is 7.15. The molecule has 0 aliphatic heterocycles. The van der Waals surface area contributed by atoms with Crippen LogP contribution >= 0.6 is 0 Å². The number of halogens is 3. The van der Waals surface area contributed by atoms with Gasteiger partial charge in [-0.1, -0.05) is 5.21 Å². The molecule has 2 heterocycles. The van der Waals surface area contributed by atoms with E-state index in [0.717, 1.165) is 12.1 Å². The largest absolute Gasteiger partial charge is 0.416 e. The van der Waals surface area contributed by atoms with Crippen LogP contribution in [0.4, 0.5) is 13.2 Å². The molecule has 0 amide bonds. The summed E-state index contributed by atoms with van der Waals surface area (Å²) in [4.78, 5) is -0.0302. The molecule has 0 spiro atoms. The van der Waals surface area contributed by atoms with Crippen molar-refractivity contribution in [2.24, 2.45) is 7.05 Å². The van der Waals surface area contributed by atoms with Gasteiger partial charge in [0.15, 0.2) is 5.65 Å². The molecule has 0 saturated heterocycles. The number of nitrogens with one attached hydrogen (secondary N) is 1. The van der Waals surface area contributed by atoms with E-state index in [2.05, 4.69) is 15.0 Å². The minimum Gasteiger partial charge on any atom is -0.395 e. The molecule has 0 saturated carbocycles. The summed E-state index contributed by atoms with van der Waals surface area (Å²) in [5, 5.41) is 17.7. The number of rotatable bonds is 5. The van der Waals surface area contributed by atoms with E-state index in [0.29, 0.717) is 27.8 Å². The molecular weight excluding hydrogens is 435 g/mol. The van der Waals surface area contributed by atoms with Gasteiger partial charge >= 0.3 is 6.18 Å². The minimum absolute atomic E-state index is 0.0302. The van der Waals surface area contributed by atoms with Gasteiger partial charge in [0.05, 0.1) is 22.6 Å². The number of benzene rings is 2. The third-order valence-corrected chi connectivity index (χ3v) is 6.45. The van der Waals surface area contributed by atoms with Gasteiger partial charge in [0.2, 0.25) is 10.0 Å². The predicted molar refractivity (Wildman–Crippen MR) is 107 cm³/mol. The van der Waals surface area contributed by atoms with Crippen molar-refractivity contribution >= 4 is 32.1 Å². The lowest BCUT2D eigenvalue weighted by Crippen LogP contribution is -2.34. The number of nitrogens with zero attached hydrogens (tertiary/aromatic N) is 4. The fourth-order valence-corrected chi connectivity index (χ4v) is 4.65. The lowest BCUT2D eigenvalue weighted by molar-refractivity contribution is -0.137. The summed E-state index contributed by atoms with van der Waals surface area (Å²) >= 11 is 0. The standard InChI is InChI=1S/C19H18F3N5O3S/c1-11(10-28)24-31(29,30)14-7-8-16-15(9-14)17-18(26(2)25-23-17)27(16)13-5-3-12(4-6-13)19(20,21)22/h3-9,11,24,28H,10H2,1-2H3/t11-/m0/s1. The Morgan fingerprint density at radius 2 is 1.84 bits per heavy atom. The maximum atomic E-state index is 12.9. The highest BCUT2D eigenvalue weighted by Crippen LogP contribution is 2.34. The van der Waals surface area contributed by atoms with Crippen LogP contribution in [0.25, 0.3) is 27.8 Å². The molecule has 0 radical (unpaired) electrons. The molecule has 31 heavy (non-hydrogen) atoms. The SMILES string of the molecule is C[C@@H](CO)NS(=O)(=O)c1ccc2c(c1)c1nnn(C)c1n2-c1ccc(C(F)(F)F)cc1. The summed E-state index contributed by atoms with van der Waals surface area (Å²) in [7, 11) is -2.27. The Labute approximate surface area is 174 Å². The fraction of sp³-hybridized carbons (Fsp3) is 0.263. The van der Waals surface area contributed by atoms with Crippen molar-refractivity contribution in [3.05, 3.63) is 48.0 Å². The Hall–Kier alpha value is -2.96.